The molecule has 0 bridgehead atoms. The molecular formula is C16H16N2O5S. The summed E-state index contributed by atoms with van der Waals surface area (Å²) in [4.78, 5) is 28.0. The molecule has 0 unspecified atom stereocenters. The first kappa shape index (κ1) is 17.6. The first-order valence-corrected chi connectivity index (χ1v) is 8.97. The van der Waals surface area contributed by atoms with Crippen LogP contribution in [-0.2, 0) is 20.3 Å². The molecule has 126 valence electrons. The lowest BCUT2D eigenvalue weighted by Gasteiger charge is -2.09. The van der Waals surface area contributed by atoms with E-state index >= 15 is 0 Å². The molecule has 0 aliphatic rings. The van der Waals surface area contributed by atoms with E-state index in [1.54, 1.807) is 24.3 Å². The number of benzene rings is 1. The summed E-state index contributed by atoms with van der Waals surface area (Å²) in [6.07, 6.45) is 2.55. The second kappa shape index (κ2) is 7.22. The summed E-state index contributed by atoms with van der Waals surface area (Å²) in [6.45, 7) is 0. The molecule has 1 aromatic carbocycles. The monoisotopic (exact) mass is 348 g/mol. The molecular weight excluding hydrogens is 332 g/mol. The Hall–Kier alpha value is -2.74. The number of carbonyl (C=O) groups excluding carboxylic acids is 2. The second-order valence-electron chi connectivity index (χ2n) is 5.12. The molecule has 24 heavy (non-hydrogen) atoms. The molecule has 1 heterocycles. The predicted octanol–water partition coefficient (Wildman–Crippen LogP) is 1.67. The van der Waals surface area contributed by atoms with E-state index in [1.165, 1.54) is 25.4 Å². The molecule has 1 N–H and O–H groups in total. The van der Waals surface area contributed by atoms with Gasteiger partial charge in [-0.1, -0.05) is 12.1 Å². The van der Waals surface area contributed by atoms with E-state index in [2.05, 4.69) is 15.0 Å². The Bertz CT molecular complexity index is 878. The average Bonchev–Trinajstić information content (AvgIpc) is 2.53. The van der Waals surface area contributed by atoms with Gasteiger partial charge in [0.25, 0.3) is 5.91 Å². The van der Waals surface area contributed by atoms with Crippen molar-refractivity contribution in [3.8, 4) is 0 Å². The van der Waals surface area contributed by atoms with Crippen molar-refractivity contribution in [1.82, 2.24) is 4.98 Å². The lowest BCUT2D eigenvalue weighted by molar-refractivity contribution is 0.0601. The first-order chi connectivity index (χ1) is 11.3. The highest BCUT2D eigenvalue weighted by molar-refractivity contribution is 7.89. The quantitative estimate of drug-likeness (QED) is 0.825. The summed E-state index contributed by atoms with van der Waals surface area (Å²) in [5.41, 5.74) is 0.887. The summed E-state index contributed by atoms with van der Waals surface area (Å²) in [5, 5.41) is 2.53. The van der Waals surface area contributed by atoms with Crippen LogP contribution >= 0.6 is 0 Å². The Labute approximate surface area is 139 Å². The highest BCUT2D eigenvalue weighted by atomic mass is 32.2. The molecule has 0 saturated carbocycles. The van der Waals surface area contributed by atoms with E-state index in [0.29, 0.717) is 5.56 Å². The molecule has 7 nitrogen and oxygen atoms in total. The molecule has 1 aromatic heterocycles. The van der Waals surface area contributed by atoms with E-state index in [0.717, 1.165) is 6.26 Å². The predicted molar refractivity (Wildman–Crippen MR) is 88.5 cm³/mol. The molecule has 0 fully saturated rings. The Kier molecular flexibility index (Phi) is 5.30. The molecule has 0 radical (unpaired) electrons. The van der Waals surface area contributed by atoms with E-state index in [-0.39, 0.29) is 22.7 Å². The lowest BCUT2D eigenvalue weighted by atomic mass is 10.1. The van der Waals surface area contributed by atoms with Crippen LogP contribution in [0.2, 0.25) is 0 Å². The Morgan fingerprint density at radius 2 is 1.96 bits per heavy atom. The van der Waals surface area contributed by atoms with Gasteiger partial charge in [0, 0.05) is 18.0 Å². The van der Waals surface area contributed by atoms with E-state index in [1.807, 2.05) is 0 Å². The highest BCUT2D eigenvalue weighted by Gasteiger charge is 2.16. The van der Waals surface area contributed by atoms with Crippen LogP contribution in [0.4, 0.5) is 5.82 Å². The zero-order valence-corrected chi connectivity index (χ0v) is 14.0. The van der Waals surface area contributed by atoms with Crippen molar-refractivity contribution in [2.24, 2.45) is 0 Å². The molecule has 0 atom stereocenters. The second-order valence-corrected chi connectivity index (χ2v) is 7.26. The average molecular weight is 348 g/mol. The van der Waals surface area contributed by atoms with Crippen LogP contribution in [0.15, 0.2) is 42.6 Å². The Morgan fingerprint density at radius 3 is 2.62 bits per heavy atom. The number of hydrogen-bond donors (Lipinski definition) is 1. The zero-order valence-electron chi connectivity index (χ0n) is 13.1. The summed E-state index contributed by atoms with van der Waals surface area (Å²) in [7, 11) is -1.97. The van der Waals surface area contributed by atoms with Gasteiger partial charge in [-0.15, -0.1) is 0 Å². The number of anilines is 1. The number of carbonyl (C=O) groups is 2. The van der Waals surface area contributed by atoms with E-state index in [9.17, 15) is 18.0 Å². The van der Waals surface area contributed by atoms with E-state index < -0.39 is 21.7 Å². The molecule has 2 aromatic rings. The fourth-order valence-corrected chi connectivity index (χ4v) is 2.85. The lowest BCUT2D eigenvalue weighted by Crippen LogP contribution is -2.17. The number of rotatable bonds is 5. The van der Waals surface area contributed by atoms with Crippen LogP contribution in [0.5, 0.6) is 0 Å². The maximum atomic E-state index is 12.3. The number of esters is 1. The van der Waals surface area contributed by atoms with Crippen LogP contribution in [0, 0.1) is 0 Å². The fourth-order valence-electron chi connectivity index (χ4n) is 2.06. The number of nitrogens with one attached hydrogen (secondary N) is 1. The molecule has 0 spiro atoms. The zero-order chi connectivity index (χ0) is 17.7. The molecule has 8 heteroatoms. The summed E-state index contributed by atoms with van der Waals surface area (Å²) in [6, 6.07) is 9.27. The fraction of sp³-hybridized carbons (Fsp3) is 0.188. The molecule has 1 amide bonds. The van der Waals surface area contributed by atoms with Crippen LogP contribution < -0.4 is 5.32 Å². The van der Waals surface area contributed by atoms with Crippen molar-refractivity contribution in [3.63, 3.8) is 0 Å². The van der Waals surface area contributed by atoms with Gasteiger partial charge in [0.2, 0.25) is 0 Å². The van der Waals surface area contributed by atoms with Crippen molar-refractivity contribution < 1.29 is 22.7 Å². The van der Waals surface area contributed by atoms with Crippen molar-refractivity contribution in [2.45, 2.75) is 5.75 Å². The minimum atomic E-state index is -3.21. The molecule has 0 aliphatic carbocycles. The number of ether oxygens (including phenoxy) is 1. The summed E-state index contributed by atoms with van der Waals surface area (Å²) < 4.78 is 27.4. The molecule has 2 rings (SSSR count). The normalized spacial score (nSPS) is 10.9. The number of pyridine rings is 1. The number of amides is 1. The van der Waals surface area contributed by atoms with Gasteiger partial charge in [-0.3, -0.25) is 4.79 Å². The SMILES string of the molecule is COC(=O)c1cccnc1NC(=O)c1cccc(CS(C)(=O)=O)c1. The molecule has 0 saturated heterocycles. The van der Waals surface area contributed by atoms with Crippen LogP contribution in [-0.4, -0.2) is 38.6 Å². The number of sulfone groups is 1. The van der Waals surface area contributed by atoms with Gasteiger partial charge in [-0.05, 0) is 29.8 Å². The van der Waals surface area contributed by atoms with Gasteiger partial charge >= 0.3 is 5.97 Å². The minimum absolute atomic E-state index is 0.0721. The molecule has 0 aliphatic heterocycles. The number of methoxy groups -OCH3 is 1. The Morgan fingerprint density at radius 1 is 1.21 bits per heavy atom. The number of hydrogen-bond acceptors (Lipinski definition) is 6. The summed E-state index contributed by atoms with van der Waals surface area (Å²) in [5.74, 6) is -1.22. The smallest absolute Gasteiger partial charge is 0.341 e. The van der Waals surface area contributed by atoms with E-state index in [4.69, 9.17) is 0 Å². The van der Waals surface area contributed by atoms with Gasteiger partial charge in [-0.25, -0.2) is 18.2 Å². The third-order valence-electron chi connectivity index (χ3n) is 3.06. The third kappa shape index (κ3) is 4.63. The summed E-state index contributed by atoms with van der Waals surface area (Å²) >= 11 is 0. The van der Waals surface area contributed by atoms with Gasteiger partial charge in [0.05, 0.1) is 12.9 Å². The largest absolute Gasteiger partial charge is 0.465 e. The number of nitrogens with zero attached hydrogens (tertiary/aromatic N) is 1. The van der Waals surface area contributed by atoms with Gasteiger partial charge < -0.3 is 10.1 Å². The topological polar surface area (TPSA) is 102 Å². The standard InChI is InChI=1S/C16H16N2O5S/c1-23-16(20)13-7-4-8-17-14(13)18-15(19)12-6-3-5-11(9-12)10-24(2,21)22/h3-9H,10H2,1-2H3,(H,17,18,19). The van der Waals surface area contributed by atoms with Gasteiger partial charge in [0.15, 0.2) is 9.84 Å². The van der Waals surface area contributed by atoms with Crippen LogP contribution in [0.25, 0.3) is 0 Å². The van der Waals surface area contributed by atoms with Gasteiger partial charge in [-0.2, -0.15) is 0 Å². The van der Waals surface area contributed by atoms with Crippen molar-refractivity contribution in [2.75, 3.05) is 18.7 Å². The maximum absolute atomic E-state index is 12.3. The van der Waals surface area contributed by atoms with Crippen LogP contribution in [0.3, 0.4) is 0 Å². The first-order valence-electron chi connectivity index (χ1n) is 6.91. The third-order valence-corrected chi connectivity index (χ3v) is 3.92. The number of aromatic nitrogens is 1. The Balaban J connectivity index is 2.25. The van der Waals surface area contributed by atoms with Crippen molar-refractivity contribution in [3.05, 3.63) is 59.3 Å². The van der Waals surface area contributed by atoms with Crippen molar-refractivity contribution >= 4 is 27.5 Å². The maximum Gasteiger partial charge on any atom is 0.341 e. The highest BCUT2D eigenvalue weighted by Crippen LogP contribution is 2.15. The van der Waals surface area contributed by atoms with Gasteiger partial charge in [0.1, 0.15) is 11.4 Å². The van der Waals surface area contributed by atoms with Crippen molar-refractivity contribution in [1.29, 1.82) is 0 Å². The minimum Gasteiger partial charge on any atom is -0.465 e. The van der Waals surface area contributed by atoms with Crippen LogP contribution in [0.1, 0.15) is 26.3 Å².